The number of rotatable bonds is 14. The smallest absolute Gasteiger partial charge is 0.264 e. The molecule has 2 N–H and O–H groups in total. The molecule has 0 aliphatic carbocycles. The van der Waals surface area contributed by atoms with Gasteiger partial charge in [0, 0.05) is 0 Å². The maximum absolute atomic E-state index is 10.8. The fourth-order valence-corrected chi connectivity index (χ4v) is 2.75. The molecule has 134 valence electrons. The summed E-state index contributed by atoms with van der Waals surface area (Å²) in [6.07, 6.45) is 18.8. The van der Waals surface area contributed by atoms with Gasteiger partial charge in [0.2, 0.25) is 0 Å². The second-order valence-corrected chi connectivity index (χ2v) is 8.15. The van der Waals surface area contributed by atoms with Crippen molar-refractivity contribution in [3.63, 3.8) is 0 Å². The van der Waals surface area contributed by atoms with Gasteiger partial charge in [-0.2, -0.15) is 8.42 Å². The Morgan fingerprint density at radius 2 is 1.00 bits per heavy atom. The first-order chi connectivity index (χ1) is 10.8. The van der Waals surface area contributed by atoms with Crippen LogP contribution in [0, 0.1) is 0 Å². The number of hydrogen-bond donors (Lipinski definition) is 2. The van der Waals surface area contributed by atoms with Gasteiger partial charge < -0.3 is 0 Å². The zero-order valence-electron chi connectivity index (χ0n) is 14.9. The van der Waals surface area contributed by atoms with Crippen LogP contribution in [0.15, 0.2) is 0 Å². The van der Waals surface area contributed by atoms with E-state index in [0.29, 0.717) is 3.03 Å². The molecular weight excluding hydrogens is 327 g/mol. The molecule has 0 fully saturated rings. The van der Waals surface area contributed by atoms with Gasteiger partial charge in [0.25, 0.3) is 0 Å². The van der Waals surface area contributed by atoms with E-state index in [1.54, 1.807) is 0 Å². The maximum atomic E-state index is 10.8. The summed E-state index contributed by atoms with van der Waals surface area (Å²) in [5.74, 6) is 0. The number of unbranched alkanes of at least 4 members (excludes halogenated alkanes) is 12. The first-order valence-electron chi connectivity index (χ1n) is 8.96. The number of carbonyl (C=O) groups is 1. The zero-order valence-corrected chi connectivity index (χ0v) is 17.7. The largest absolute Gasteiger partial charge is 0.394 e. The average molecular weight is 360 g/mol. The molecule has 23 heavy (non-hydrogen) atoms. The summed E-state index contributed by atoms with van der Waals surface area (Å²) < 4.78 is 32.1. The minimum absolute atomic E-state index is 0.484. The predicted octanol–water partition coefficient (Wildman–Crippen LogP) is 4.51. The van der Waals surface area contributed by atoms with E-state index in [1.807, 2.05) is 0 Å². The molecule has 0 aromatic rings. The van der Waals surface area contributed by atoms with Gasteiger partial charge in [-0.15, -0.1) is 0 Å². The second kappa shape index (κ2) is 18.9. The molecule has 0 aromatic heterocycles. The Morgan fingerprint density at radius 3 is 1.26 bits per heavy atom. The normalized spacial score (nSPS) is 11.0. The van der Waals surface area contributed by atoms with Gasteiger partial charge in [-0.05, 0) is 0 Å². The molecule has 0 saturated heterocycles. The molecule has 0 saturated carbocycles. The molecule has 0 spiro atoms. The molecule has 5 nitrogen and oxygen atoms in total. The van der Waals surface area contributed by atoms with E-state index in [-0.39, 0.29) is 0 Å². The van der Waals surface area contributed by atoms with Crippen LogP contribution in [0.5, 0.6) is 0 Å². The number of hydrogen-bond acceptors (Lipinski definition) is 3. The quantitative estimate of drug-likeness (QED) is 0.270. The van der Waals surface area contributed by atoms with Gasteiger partial charge in [-0.3, -0.25) is 9.11 Å². The standard InChI is InChI=1S/C16H31O.Na.H2O4S/c1-2-3-4-5-6-7-8-9-10-11-12-13-14-15-16-17;;1-5(2,3)4/h2-15H2,1H3;;(H2,1,2,3,4). The van der Waals surface area contributed by atoms with Gasteiger partial charge in [0.1, 0.15) is 0 Å². The van der Waals surface area contributed by atoms with Crippen LogP contribution in [-0.2, 0) is 15.2 Å². The molecular formula is C16H33NaO5S. The van der Waals surface area contributed by atoms with Gasteiger partial charge >= 0.3 is 117 Å². The molecule has 0 aliphatic rings. The maximum Gasteiger partial charge on any atom is 0.394 e. The molecule has 0 unspecified atom stereocenters. The van der Waals surface area contributed by atoms with Crippen molar-refractivity contribution in [2.45, 2.75) is 96.8 Å². The van der Waals surface area contributed by atoms with Crippen molar-refractivity contribution in [1.29, 1.82) is 0 Å². The van der Waals surface area contributed by atoms with Crippen LogP contribution in [0.25, 0.3) is 0 Å². The van der Waals surface area contributed by atoms with E-state index in [2.05, 4.69) is 6.92 Å². The molecule has 0 rings (SSSR count). The first-order valence-corrected chi connectivity index (χ1v) is 11.4. The third-order valence-electron chi connectivity index (χ3n) is 3.63. The van der Waals surface area contributed by atoms with Crippen molar-refractivity contribution < 1.29 is 22.3 Å². The molecule has 0 heterocycles. The van der Waals surface area contributed by atoms with Crippen molar-refractivity contribution in [3.8, 4) is 0 Å². The van der Waals surface area contributed by atoms with Crippen molar-refractivity contribution in [2.75, 3.05) is 0 Å². The van der Waals surface area contributed by atoms with Crippen LogP contribution >= 0.6 is 0 Å². The van der Waals surface area contributed by atoms with Gasteiger partial charge in [-0.25, -0.2) is 0 Å². The minimum atomic E-state index is -4.67. The van der Waals surface area contributed by atoms with E-state index in [4.69, 9.17) is 17.5 Å². The van der Waals surface area contributed by atoms with Crippen LogP contribution in [0.3, 0.4) is 0 Å². The molecule has 0 aromatic carbocycles. The molecule has 7 heteroatoms. The number of carbonyl (C=O) groups excluding carboxylic acids is 1. The average Bonchev–Trinajstić information content (AvgIpc) is 2.42. The summed E-state index contributed by atoms with van der Waals surface area (Å²) >= 11 is 0.751. The van der Waals surface area contributed by atoms with Crippen molar-refractivity contribution in [1.82, 2.24) is 0 Å². The SMILES string of the molecule is CCCCCCCCCCCCCCC[C](=O)[Na].O=S(=O)(O)O. The Kier molecular flexibility index (Phi) is 21.2. The Labute approximate surface area is 160 Å². The third kappa shape index (κ3) is 39.4. The summed E-state index contributed by atoms with van der Waals surface area (Å²) in [5, 5.41) is 0. The summed E-state index contributed by atoms with van der Waals surface area (Å²) in [5.41, 5.74) is 0. The van der Waals surface area contributed by atoms with E-state index >= 15 is 0 Å². The van der Waals surface area contributed by atoms with Crippen LogP contribution in [-0.4, -0.2) is 48.5 Å². The van der Waals surface area contributed by atoms with Crippen LogP contribution in [0.2, 0.25) is 0 Å². The van der Waals surface area contributed by atoms with Crippen LogP contribution in [0.1, 0.15) is 96.8 Å². The zero-order chi connectivity index (χ0) is 18.0. The molecule has 0 amide bonds. The summed E-state index contributed by atoms with van der Waals surface area (Å²) in [7, 11) is -4.67. The summed E-state index contributed by atoms with van der Waals surface area (Å²) in [6.45, 7) is 2.28. The predicted molar refractivity (Wildman–Crippen MR) is 95.3 cm³/mol. The Hall–Kier alpha value is 0.540. The fraction of sp³-hybridized carbons (Fsp3) is 0.938. The topological polar surface area (TPSA) is 91.7 Å². The van der Waals surface area contributed by atoms with Crippen LogP contribution < -0.4 is 0 Å². The van der Waals surface area contributed by atoms with Crippen molar-refractivity contribution >= 4 is 41.4 Å². The summed E-state index contributed by atoms with van der Waals surface area (Å²) in [6, 6.07) is 0. The molecule has 0 aliphatic heterocycles. The minimum Gasteiger partial charge on any atom is -0.264 e. The van der Waals surface area contributed by atoms with Crippen LogP contribution in [0.4, 0.5) is 0 Å². The Bertz CT molecular complexity index is 349. The van der Waals surface area contributed by atoms with E-state index in [0.717, 1.165) is 40.8 Å². The monoisotopic (exact) mass is 360 g/mol. The van der Waals surface area contributed by atoms with Gasteiger partial charge in [-0.1, -0.05) is 26.2 Å². The molecule has 0 atom stereocenters. The van der Waals surface area contributed by atoms with E-state index in [9.17, 15) is 4.79 Å². The van der Waals surface area contributed by atoms with Gasteiger partial charge in [0.05, 0.1) is 0 Å². The van der Waals surface area contributed by atoms with E-state index < -0.39 is 10.4 Å². The van der Waals surface area contributed by atoms with Gasteiger partial charge in [0.15, 0.2) is 0 Å². The van der Waals surface area contributed by atoms with E-state index in [1.165, 1.54) is 77.0 Å². The first kappa shape index (κ1) is 25.8. The second-order valence-electron chi connectivity index (χ2n) is 6.14. The third-order valence-corrected chi connectivity index (χ3v) is 4.13. The summed E-state index contributed by atoms with van der Waals surface area (Å²) in [4.78, 5) is 10.8. The fourth-order valence-electron chi connectivity index (χ4n) is 2.39. The van der Waals surface area contributed by atoms with Crippen molar-refractivity contribution in [2.24, 2.45) is 0 Å². The Balaban J connectivity index is 0. The molecule has 0 radical (unpaired) electrons. The molecule has 0 bridgehead atoms. The Morgan fingerprint density at radius 1 is 0.739 bits per heavy atom. The van der Waals surface area contributed by atoms with Crippen molar-refractivity contribution in [3.05, 3.63) is 0 Å².